The Morgan fingerprint density at radius 1 is 1.06 bits per heavy atom. The molecule has 0 atom stereocenters. The number of fused-ring (bicyclic) bond motifs is 1. The SMILES string of the molecule is CCCCCCCCOc1ccc(-c2cc(C(=O)NN=Cc3c(C)[nH]c4ccccc34)[nH]n2)cc1. The number of nitrogens with one attached hydrogen (secondary N) is 3. The first-order valence-electron chi connectivity index (χ1n) is 12.3. The number of carbonyl (C=O) groups excluding carboxylic acids is 1. The maximum absolute atomic E-state index is 12.5. The van der Waals surface area contributed by atoms with E-state index in [1.54, 1.807) is 12.3 Å². The van der Waals surface area contributed by atoms with Gasteiger partial charge in [-0.1, -0.05) is 57.2 Å². The Balaban J connectivity index is 1.28. The summed E-state index contributed by atoms with van der Waals surface area (Å²) in [5.74, 6) is 0.495. The fourth-order valence-electron chi connectivity index (χ4n) is 4.06. The number of para-hydroxylation sites is 1. The number of amides is 1. The summed E-state index contributed by atoms with van der Waals surface area (Å²) in [7, 11) is 0. The van der Waals surface area contributed by atoms with E-state index in [-0.39, 0.29) is 5.91 Å². The Morgan fingerprint density at radius 3 is 2.66 bits per heavy atom. The van der Waals surface area contributed by atoms with Crippen molar-refractivity contribution in [3.63, 3.8) is 0 Å². The zero-order chi connectivity index (χ0) is 24.5. The summed E-state index contributed by atoms with van der Waals surface area (Å²) < 4.78 is 5.85. The number of rotatable bonds is 12. The van der Waals surface area contributed by atoms with E-state index in [1.165, 1.54) is 32.1 Å². The van der Waals surface area contributed by atoms with Gasteiger partial charge in [-0.25, -0.2) is 5.43 Å². The average Bonchev–Trinajstić information content (AvgIpc) is 3.49. The van der Waals surface area contributed by atoms with Gasteiger partial charge in [0, 0.05) is 27.7 Å². The number of aromatic nitrogens is 3. The molecule has 0 aliphatic rings. The largest absolute Gasteiger partial charge is 0.494 e. The molecule has 0 aliphatic heterocycles. The smallest absolute Gasteiger partial charge is 0.289 e. The first-order valence-corrected chi connectivity index (χ1v) is 12.3. The normalized spacial score (nSPS) is 11.4. The highest BCUT2D eigenvalue weighted by Gasteiger charge is 2.11. The second kappa shape index (κ2) is 12.0. The van der Waals surface area contributed by atoms with Crippen LogP contribution in [0.15, 0.2) is 59.7 Å². The Morgan fingerprint density at radius 2 is 1.83 bits per heavy atom. The molecule has 1 amide bonds. The molecule has 7 nitrogen and oxygen atoms in total. The van der Waals surface area contributed by atoms with E-state index in [4.69, 9.17) is 4.74 Å². The van der Waals surface area contributed by atoms with Crippen molar-refractivity contribution in [1.82, 2.24) is 20.6 Å². The van der Waals surface area contributed by atoms with Crippen molar-refractivity contribution in [2.45, 2.75) is 52.4 Å². The van der Waals surface area contributed by atoms with Crippen molar-refractivity contribution in [1.29, 1.82) is 0 Å². The molecule has 7 heteroatoms. The van der Waals surface area contributed by atoms with Crippen LogP contribution in [0.2, 0.25) is 0 Å². The van der Waals surface area contributed by atoms with Gasteiger partial charge in [0.25, 0.3) is 5.91 Å². The van der Waals surface area contributed by atoms with Crippen LogP contribution >= 0.6 is 0 Å². The molecule has 2 aromatic heterocycles. The molecule has 0 fully saturated rings. The standard InChI is InChI=1S/C28H33N5O2/c1-3-4-5-6-7-10-17-35-22-15-13-21(14-16-22)26-18-27(32-31-26)28(34)33-29-19-24-20(2)30-25-12-9-8-11-23(24)25/h8-9,11-16,18-19,30H,3-7,10,17H2,1-2H3,(H,31,32)(H,33,34). The molecule has 0 saturated heterocycles. The summed E-state index contributed by atoms with van der Waals surface area (Å²) >= 11 is 0. The first-order chi connectivity index (χ1) is 17.2. The molecule has 2 aromatic carbocycles. The summed E-state index contributed by atoms with van der Waals surface area (Å²) in [5.41, 5.74) is 7.49. The lowest BCUT2D eigenvalue weighted by molar-refractivity contribution is 0.0950. The van der Waals surface area contributed by atoms with Crippen LogP contribution in [0.25, 0.3) is 22.2 Å². The highest BCUT2D eigenvalue weighted by atomic mass is 16.5. The van der Waals surface area contributed by atoms with Crippen LogP contribution in [0.4, 0.5) is 0 Å². The van der Waals surface area contributed by atoms with Crippen molar-refractivity contribution >= 4 is 23.0 Å². The number of nitrogens with zero attached hydrogens (tertiary/aromatic N) is 2. The van der Waals surface area contributed by atoms with E-state index in [0.29, 0.717) is 11.4 Å². The fourth-order valence-corrected chi connectivity index (χ4v) is 4.06. The number of unbranched alkanes of at least 4 members (excludes halogenated alkanes) is 5. The van der Waals surface area contributed by atoms with Gasteiger partial charge in [-0.05, 0) is 49.7 Å². The van der Waals surface area contributed by atoms with Gasteiger partial charge in [-0.3, -0.25) is 9.89 Å². The van der Waals surface area contributed by atoms with Gasteiger partial charge >= 0.3 is 0 Å². The number of hydrogen-bond acceptors (Lipinski definition) is 4. The monoisotopic (exact) mass is 471 g/mol. The Hall–Kier alpha value is -3.87. The number of ether oxygens (including phenoxy) is 1. The van der Waals surface area contributed by atoms with Gasteiger partial charge in [0.05, 0.1) is 18.5 Å². The van der Waals surface area contributed by atoms with Crippen LogP contribution in [-0.4, -0.2) is 33.9 Å². The summed E-state index contributed by atoms with van der Waals surface area (Å²) in [6, 6.07) is 17.5. The quantitative estimate of drug-likeness (QED) is 0.127. The molecule has 182 valence electrons. The second-order valence-electron chi connectivity index (χ2n) is 8.72. The van der Waals surface area contributed by atoms with E-state index in [1.807, 2.05) is 55.5 Å². The summed E-state index contributed by atoms with van der Waals surface area (Å²) in [6.07, 6.45) is 9.12. The molecule has 0 spiro atoms. The molecular formula is C28H33N5O2. The molecular weight excluding hydrogens is 438 g/mol. The van der Waals surface area contributed by atoms with Crippen LogP contribution in [0.5, 0.6) is 5.75 Å². The molecule has 0 radical (unpaired) electrons. The lowest BCUT2D eigenvalue weighted by atomic mass is 10.1. The number of aryl methyl sites for hydroxylation is 1. The number of benzene rings is 2. The third-order valence-corrected chi connectivity index (χ3v) is 6.04. The highest BCUT2D eigenvalue weighted by Crippen LogP contribution is 2.22. The number of hydrazone groups is 1. The minimum absolute atomic E-state index is 0.344. The third kappa shape index (κ3) is 6.38. The number of carbonyl (C=O) groups is 1. The molecule has 0 unspecified atom stereocenters. The van der Waals surface area contributed by atoms with Crippen molar-refractivity contribution in [2.24, 2.45) is 5.10 Å². The van der Waals surface area contributed by atoms with Gasteiger partial charge in [0.2, 0.25) is 0 Å². The van der Waals surface area contributed by atoms with Crippen LogP contribution in [-0.2, 0) is 0 Å². The number of aromatic amines is 2. The zero-order valence-electron chi connectivity index (χ0n) is 20.4. The summed E-state index contributed by atoms with van der Waals surface area (Å²) in [4.78, 5) is 15.8. The zero-order valence-corrected chi connectivity index (χ0v) is 20.4. The Kier molecular flexibility index (Phi) is 8.33. The number of hydrogen-bond donors (Lipinski definition) is 3. The predicted octanol–water partition coefficient (Wildman–Crippen LogP) is 6.37. The average molecular weight is 472 g/mol. The molecule has 0 saturated carbocycles. The van der Waals surface area contributed by atoms with Crippen LogP contribution < -0.4 is 10.2 Å². The summed E-state index contributed by atoms with van der Waals surface area (Å²) in [5, 5.41) is 12.3. The third-order valence-electron chi connectivity index (χ3n) is 6.04. The van der Waals surface area contributed by atoms with Gasteiger partial charge in [0.15, 0.2) is 0 Å². The van der Waals surface area contributed by atoms with Gasteiger partial charge in [0.1, 0.15) is 11.4 Å². The van der Waals surface area contributed by atoms with E-state index in [2.05, 4.69) is 32.6 Å². The lowest BCUT2D eigenvalue weighted by Gasteiger charge is -2.06. The van der Waals surface area contributed by atoms with E-state index in [0.717, 1.165) is 46.5 Å². The highest BCUT2D eigenvalue weighted by molar-refractivity contribution is 6.01. The maximum atomic E-state index is 12.5. The molecule has 0 aliphatic carbocycles. The number of H-pyrrole nitrogens is 2. The van der Waals surface area contributed by atoms with Crippen LogP contribution in [0.1, 0.15) is 67.2 Å². The molecule has 35 heavy (non-hydrogen) atoms. The topological polar surface area (TPSA) is 95.2 Å². The van der Waals surface area contributed by atoms with E-state index < -0.39 is 0 Å². The molecule has 2 heterocycles. The lowest BCUT2D eigenvalue weighted by Crippen LogP contribution is -2.18. The Bertz CT molecular complexity index is 1270. The molecule has 4 rings (SSSR count). The van der Waals surface area contributed by atoms with Crippen molar-refractivity contribution in [3.05, 3.63) is 71.5 Å². The predicted molar refractivity (Wildman–Crippen MR) is 141 cm³/mol. The van der Waals surface area contributed by atoms with Crippen molar-refractivity contribution in [2.75, 3.05) is 6.61 Å². The van der Waals surface area contributed by atoms with Crippen molar-refractivity contribution < 1.29 is 9.53 Å². The first kappa shape index (κ1) is 24.3. The van der Waals surface area contributed by atoms with Crippen LogP contribution in [0, 0.1) is 6.92 Å². The van der Waals surface area contributed by atoms with Gasteiger partial charge < -0.3 is 9.72 Å². The van der Waals surface area contributed by atoms with E-state index >= 15 is 0 Å². The van der Waals surface area contributed by atoms with Crippen LogP contribution in [0.3, 0.4) is 0 Å². The van der Waals surface area contributed by atoms with Crippen molar-refractivity contribution in [3.8, 4) is 17.0 Å². The van der Waals surface area contributed by atoms with Gasteiger partial charge in [-0.15, -0.1) is 0 Å². The maximum Gasteiger partial charge on any atom is 0.289 e. The molecule has 0 bridgehead atoms. The summed E-state index contributed by atoms with van der Waals surface area (Å²) in [6.45, 7) is 4.94. The second-order valence-corrected chi connectivity index (χ2v) is 8.72. The molecule has 4 aromatic rings. The fraction of sp³-hybridized carbons (Fsp3) is 0.321. The van der Waals surface area contributed by atoms with E-state index in [9.17, 15) is 4.79 Å². The van der Waals surface area contributed by atoms with Gasteiger partial charge in [-0.2, -0.15) is 10.2 Å². The Labute approximate surface area is 206 Å². The minimum atomic E-state index is -0.351. The molecule has 3 N–H and O–H groups in total. The minimum Gasteiger partial charge on any atom is -0.494 e.